The summed E-state index contributed by atoms with van der Waals surface area (Å²) in [7, 11) is 0. The summed E-state index contributed by atoms with van der Waals surface area (Å²) < 4.78 is 5.13. The second kappa shape index (κ2) is 21.1. The molecule has 0 radical (unpaired) electrons. The predicted molar refractivity (Wildman–Crippen MR) is 433 cm³/mol. The van der Waals surface area contributed by atoms with Crippen molar-refractivity contribution in [2.75, 3.05) is 19.6 Å². The minimum absolute atomic E-state index is 0.179. The van der Waals surface area contributed by atoms with E-state index in [2.05, 4.69) is 381 Å². The zero-order valence-electron chi connectivity index (χ0n) is 55.3. The van der Waals surface area contributed by atoms with Crippen LogP contribution in [0.5, 0.6) is 0 Å². The molecule has 0 spiro atoms. The maximum atomic E-state index is 2.66. The average Bonchev–Trinajstić information content (AvgIpc) is 0.801. The maximum Gasteiger partial charge on any atom is 0.252 e. The smallest absolute Gasteiger partial charge is 0.252 e. The van der Waals surface area contributed by atoms with E-state index in [-0.39, 0.29) is 13.4 Å². The van der Waals surface area contributed by atoms with Crippen LogP contribution in [0, 0.1) is 0 Å². The van der Waals surface area contributed by atoms with Crippen molar-refractivity contribution in [3.05, 3.63) is 352 Å². The van der Waals surface area contributed by atoms with E-state index in [0.717, 1.165) is 68.2 Å². The lowest BCUT2D eigenvalue weighted by atomic mass is 9.30. The second-order valence-corrected chi connectivity index (χ2v) is 27.9. The molecule has 0 amide bonds. The van der Waals surface area contributed by atoms with Crippen LogP contribution in [0.4, 0.5) is 68.2 Å². The van der Waals surface area contributed by atoms with Gasteiger partial charge in [0.1, 0.15) is 0 Å². The molecule has 6 nitrogen and oxygen atoms in total. The van der Waals surface area contributed by atoms with Crippen molar-refractivity contribution in [1.29, 1.82) is 0 Å². The largest absolute Gasteiger partial charge is 0.311 e. The van der Waals surface area contributed by atoms with E-state index in [4.69, 9.17) is 0 Å². The fraction of sp³-hybridized carbons (Fsp3) is 0. The molecule has 0 aliphatic carbocycles. The van der Waals surface area contributed by atoms with Gasteiger partial charge >= 0.3 is 0 Å². The normalized spacial score (nSPS) is 13.4. The molecule has 0 saturated heterocycles. The van der Waals surface area contributed by atoms with Crippen molar-refractivity contribution in [3.8, 4) is 11.4 Å². The minimum Gasteiger partial charge on any atom is -0.311 e. The summed E-state index contributed by atoms with van der Waals surface area (Å²) in [5, 5.41) is 14.8. The van der Waals surface area contributed by atoms with E-state index in [1.165, 1.54) is 131 Å². The number of rotatable bonds is 6. The summed E-state index contributed by atoms with van der Waals surface area (Å²) in [6.07, 6.45) is 0. The predicted octanol–water partition coefficient (Wildman–Crippen LogP) is 20.7. The number of aromatic nitrogens is 2. The van der Waals surface area contributed by atoms with Crippen molar-refractivity contribution in [2.24, 2.45) is 0 Å². The third kappa shape index (κ3) is 7.75. The monoisotopic (exact) mass is 1290 g/mol. The molecule has 8 heteroatoms. The first-order valence-corrected chi connectivity index (χ1v) is 35.5. The highest BCUT2D eigenvalue weighted by Crippen LogP contribution is 2.52. The van der Waals surface area contributed by atoms with Crippen LogP contribution < -0.4 is 52.4 Å². The van der Waals surface area contributed by atoms with E-state index in [1.54, 1.807) is 0 Å². The van der Waals surface area contributed by atoms with Gasteiger partial charge in [0.25, 0.3) is 13.4 Å². The molecular weight excluding hydrogens is 1230 g/mol. The highest BCUT2D eigenvalue weighted by Gasteiger charge is 2.49. The molecule has 0 bridgehead atoms. The summed E-state index contributed by atoms with van der Waals surface area (Å²) >= 11 is 0. The van der Waals surface area contributed by atoms with Crippen LogP contribution in [0.3, 0.4) is 0 Å². The highest BCUT2D eigenvalue weighted by molar-refractivity contribution is 7.03. The van der Waals surface area contributed by atoms with Gasteiger partial charge in [0.2, 0.25) is 0 Å². The maximum absolute atomic E-state index is 2.66. The van der Waals surface area contributed by atoms with Gasteiger partial charge in [-0.25, -0.2) is 0 Å². The van der Waals surface area contributed by atoms with Gasteiger partial charge in [0.15, 0.2) is 0 Å². The van der Waals surface area contributed by atoms with E-state index in [0.29, 0.717) is 0 Å². The molecular formula is C94H58B2N6. The van der Waals surface area contributed by atoms with Crippen molar-refractivity contribution in [1.82, 2.24) is 9.13 Å². The van der Waals surface area contributed by atoms with Crippen molar-refractivity contribution in [2.45, 2.75) is 0 Å². The van der Waals surface area contributed by atoms with Crippen LogP contribution in [0.2, 0.25) is 0 Å². The Morgan fingerprint density at radius 3 is 0.873 bits per heavy atom. The van der Waals surface area contributed by atoms with Gasteiger partial charge in [-0.05, 0) is 203 Å². The Labute approximate surface area is 589 Å². The van der Waals surface area contributed by atoms with Crippen LogP contribution in [0.25, 0.3) is 98.1 Å². The zero-order chi connectivity index (χ0) is 66.4. The summed E-state index contributed by atoms with van der Waals surface area (Å²) in [4.78, 5) is 10.3. The molecule has 470 valence electrons. The number of hydrogen-bond donors (Lipinski definition) is 0. The topological polar surface area (TPSA) is 22.8 Å². The Morgan fingerprint density at radius 2 is 0.490 bits per heavy atom. The van der Waals surface area contributed by atoms with Crippen LogP contribution in [-0.4, -0.2) is 22.6 Å². The minimum atomic E-state index is -0.179. The van der Waals surface area contributed by atoms with Crippen molar-refractivity contribution < 1.29 is 0 Å². The highest BCUT2D eigenvalue weighted by atomic mass is 15.2. The molecule has 0 saturated carbocycles. The Balaban J connectivity index is 0.848. The van der Waals surface area contributed by atoms with Gasteiger partial charge < -0.3 is 28.7 Å². The zero-order valence-corrected chi connectivity index (χ0v) is 55.3. The molecule has 0 atom stereocenters. The van der Waals surface area contributed by atoms with Gasteiger partial charge in [-0.3, -0.25) is 0 Å². The first kappa shape index (κ1) is 55.7. The fourth-order valence-corrected chi connectivity index (χ4v) is 18.5. The summed E-state index contributed by atoms with van der Waals surface area (Å²) in [6.45, 7) is -0.357. The van der Waals surface area contributed by atoms with Crippen LogP contribution >= 0.6 is 0 Å². The van der Waals surface area contributed by atoms with Crippen molar-refractivity contribution in [3.63, 3.8) is 0 Å². The van der Waals surface area contributed by atoms with Gasteiger partial charge in [-0.15, -0.1) is 0 Å². The van der Waals surface area contributed by atoms with E-state index < -0.39 is 0 Å². The van der Waals surface area contributed by atoms with Crippen LogP contribution in [0.1, 0.15) is 0 Å². The Morgan fingerprint density at radius 1 is 0.176 bits per heavy atom. The molecule has 0 N–H and O–H groups in total. The number of para-hydroxylation sites is 6. The summed E-state index contributed by atoms with van der Waals surface area (Å²) in [5.41, 5.74) is 28.0. The van der Waals surface area contributed by atoms with E-state index in [9.17, 15) is 0 Å². The molecule has 17 aromatic carbocycles. The fourth-order valence-electron chi connectivity index (χ4n) is 18.5. The molecule has 19 aromatic rings. The number of hydrogen-bond acceptors (Lipinski definition) is 4. The first-order valence-electron chi connectivity index (χ1n) is 35.5. The third-order valence-corrected chi connectivity index (χ3v) is 22.7. The molecule has 23 rings (SSSR count). The quantitative estimate of drug-likeness (QED) is 0.155. The third-order valence-electron chi connectivity index (χ3n) is 22.7. The van der Waals surface area contributed by atoms with Crippen LogP contribution in [0.15, 0.2) is 352 Å². The molecule has 0 unspecified atom stereocenters. The molecule has 102 heavy (non-hydrogen) atoms. The lowest BCUT2D eigenvalue weighted by molar-refractivity contribution is 1.16. The van der Waals surface area contributed by atoms with Gasteiger partial charge in [0.05, 0.1) is 33.4 Å². The number of fused-ring (bicyclic) bond motifs is 20. The first-order chi connectivity index (χ1) is 50.6. The molecule has 6 heterocycles. The van der Waals surface area contributed by atoms with Crippen molar-refractivity contribution >= 4 is 201 Å². The Bertz CT molecular complexity index is 6400. The number of benzene rings is 17. The Hall–Kier alpha value is -13.3. The standard InChI is InChI=1S/C94H58B2N6/c1-5-31-65(32-6-1)97-79-43-23-21-41-75(79)95-77-57-78-86(58-85(77)99(67-35-9-3-10-36-67)89-55-69(53-87(97)93(89)95)101-81-47-45-59-25-17-19-39-71(59)91(81)73-49-61-27-13-15-29-63(61)51-83(73)101)100(68-37-11-4-12-38-68)90-56-70(54-88-94(90)96(78)76-42-22-24-44-80(76)98(88)66-33-7-2-8-34-66)102-82-48-46-60-26-18-20-40-72(60)92(82)74-50-62-28-14-16-30-64(62)52-84(74)102/h1-58H. The lowest BCUT2D eigenvalue weighted by Crippen LogP contribution is -2.65. The van der Waals surface area contributed by atoms with Gasteiger partial charge in [0, 0.05) is 89.8 Å². The van der Waals surface area contributed by atoms with Crippen LogP contribution in [-0.2, 0) is 0 Å². The second-order valence-electron chi connectivity index (χ2n) is 27.9. The Kier molecular flexibility index (Phi) is 11.5. The summed E-state index contributed by atoms with van der Waals surface area (Å²) in [6, 6.07) is 133. The number of nitrogens with zero attached hydrogens (tertiary/aromatic N) is 6. The van der Waals surface area contributed by atoms with Gasteiger partial charge in [-0.1, -0.05) is 224 Å². The van der Waals surface area contributed by atoms with Gasteiger partial charge in [-0.2, -0.15) is 0 Å². The molecule has 4 aliphatic heterocycles. The van der Waals surface area contributed by atoms with E-state index in [1.807, 2.05) is 0 Å². The van der Waals surface area contributed by atoms with E-state index >= 15 is 0 Å². The molecule has 4 aliphatic rings. The lowest BCUT2D eigenvalue weighted by Gasteiger charge is -2.47. The SMILES string of the molecule is c1ccc(N2c3ccccc3B3c4cc5c(cc4N(c4ccccc4)c4cc(-n6c7cc8ccccc8cc7c7c8ccccc8ccc76)cc2c43)N(c2ccccc2)c2cc(-n3c4cc6ccccc6cc4c4c6ccccc6ccc43)cc3c2B5c2ccccc2N3c2ccccc2)cc1. The average molecular weight is 1290 g/mol. The summed E-state index contributed by atoms with van der Waals surface area (Å²) in [5.74, 6) is 0. The molecule has 0 fully saturated rings. The number of anilines is 12. The molecule has 2 aromatic heterocycles.